The molecule has 0 atom stereocenters. The lowest BCUT2D eigenvalue weighted by atomic mass is 10.2. The Morgan fingerprint density at radius 2 is 1.68 bits per heavy atom. The van der Waals surface area contributed by atoms with Crippen molar-refractivity contribution in [2.75, 3.05) is 10.6 Å². The number of hydrogen-bond donors (Lipinski definition) is 2. The minimum absolute atomic E-state index is 0.112. The number of nitrogens with zero attached hydrogens (tertiary/aromatic N) is 2. The summed E-state index contributed by atoms with van der Waals surface area (Å²) in [4.78, 5) is 28.0. The number of carbonyl (C=O) groups is 2. The quantitative estimate of drug-likeness (QED) is 0.769. The summed E-state index contributed by atoms with van der Waals surface area (Å²) in [5.41, 5.74) is 5.06. The lowest BCUT2D eigenvalue weighted by Gasteiger charge is -2.08. The molecule has 0 bridgehead atoms. The molecule has 0 aliphatic carbocycles. The first-order valence-electron chi connectivity index (χ1n) is 8.04. The summed E-state index contributed by atoms with van der Waals surface area (Å²) >= 11 is 0. The molecular formula is C19H20N4O2. The highest BCUT2D eigenvalue weighted by molar-refractivity contribution is 5.93. The van der Waals surface area contributed by atoms with Crippen molar-refractivity contribution < 1.29 is 9.59 Å². The predicted molar refractivity (Wildman–Crippen MR) is 97.7 cm³/mol. The maximum absolute atomic E-state index is 12.4. The number of nitrogens with one attached hydrogen (secondary N) is 2. The van der Waals surface area contributed by atoms with E-state index < -0.39 is 0 Å². The van der Waals surface area contributed by atoms with Gasteiger partial charge >= 0.3 is 0 Å². The molecule has 25 heavy (non-hydrogen) atoms. The summed E-state index contributed by atoms with van der Waals surface area (Å²) in [5.74, 6) is -0.242. The molecule has 0 saturated heterocycles. The second-order valence-corrected chi connectivity index (χ2v) is 6.01. The Morgan fingerprint density at radius 1 is 1.04 bits per heavy atom. The minimum Gasteiger partial charge on any atom is -0.326 e. The van der Waals surface area contributed by atoms with Crippen LogP contribution in [0, 0.1) is 13.8 Å². The second-order valence-electron chi connectivity index (χ2n) is 6.01. The Morgan fingerprint density at radius 3 is 2.32 bits per heavy atom. The molecule has 2 amide bonds. The molecule has 128 valence electrons. The molecule has 3 rings (SSSR count). The molecule has 3 aromatic rings. The Kier molecular flexibility index (Phi) is 4.52. The van der Waals surface area contributed by atoms with Gasteiger partial charge in [0.25, 0.3) is 0 Å². The molecule has 6 nitrogen and oxygen atoms in total. The van der Waals surface area contributed by atoms with Crippen LogP contribution in [0.4, 0.5) is 11.4 Å². The number of imidazole rings is 1. The van der Waals surface area contributed by atoms with Crippen molar-refractivity contribution in [2.24, 2.45) is 0 Å². The van der Waals surface area contributed by atoms with E-state index in [0.717, 1.165) is 22.6 Å². The van der Waals surface area contributed by atoms with Crippen molar-refractivity contribution in [1.29, 1.82) is 0 Å². The molecule has 2 aromatic heterocycles. The first kappa shape index (κ1) is 16.7. The monoisotopic (exact) mass is 336 g/mol. The zero-order valence-corrected chi connectivity index (χ0v) is 14.5. The average molecular weight is 336 g/mol. The van der Waals surface area contributed by atoms with E-state index in [9.17, 15) is 9.59 Å². The maximum Gasteiger partial charge on any atom is 0.230 e. The summed E-state index contributed by atoms with van der Waals surface area (Å²) in [6.45, 7) is 5.37. The van der Waals surface area contributed by atoms with Gasteiger partial charge in [0.1, 0.15) is 5.65 Å². The van der Waals surface area contributed by atoms with Gasteiger partial charge in [-0.05, 0) is 49.7 Å². The number of hydrogen-bond acceptors (Lipinski definition) is 3. The van der Waals surface area contributed by atoms with Crippen molar-refractivity contribution in [1.82, 2.24) is 9.38 Å². The largest absolute Gasteiger partial charge is 0.326 e. The van der Waals surface area contributed by atoms with E-state index >= 15 is 0 Å². The van der Waals surface area contributed by atoms with Crippen LogP contribution in [0.25, 0.3) is 5.65 Å². The molecule has 2 N–H and O–H groups in total. The van der Waals surface area contributed by atoms with Gasteiger partial charge in [0.05, 0.1) is 17.8 Å². The highest BCUT2D eigenvalue weighted by Crippen LogP contribution is 2.17. The van der Waals surface area contributed by atoms with E-state index in [1.165, 1.54) is 6.92 Å². The molecule has 0 fully saturated rings. The van der Waals surface area contributed by atoms with Crippen LogP contribution in [0.15, 0.2) is 42.6 Å². The van der Waals surface area contributed by atoms with Gasteiger partial charge in [0.15, 0.2) is 0 Å². The third-order valence-corrected chi connectivity index (χ3v) is 3.96. The molecule has 0 aliphatic heterocycles. The van der Waals surface area contributed by atoms with Crippen molar-refractivity contribution in [3.63, 3.8) is 0 Å². The fraction of sp³-hybridized carbons (Fsp3) is 0.211. The van der Waals surface area contributed by atoms with Crippen molar-refractivity contribution in [3.05, 3.63) is 59.5 Å². The fourth-order valence-electron chi connectivity index (χ4n) is 2.78. The number of rotatable bonds is 4. The Labute approximate surface area is 145 Å². The van der Waals surface area contributed by atoms with E-state index in [1.807, 2.05) is 36.6 Å². The molecule has 1 aromatic carbocycles. The van der Waals surface area contributed by atoms with Gasteiger partial charge in [0, 0.05) is 24.5 Å². The van der Waals surface area contributed by atoms with Gasteiger partial charge in [-0.15, -0.1) is 0 Å². The number of benzene rings is 1. The lowest BCUT2D eigenvalue weighted by molar-refractivity contribution is -0.116. The van der Waals surface area contributed by atoms with Crippen LogP contribution in [-0.4, -0.2) is 21.2 Å². The number of carbonyl (C=O) groups excluding carboxylic acids is 2. The lowest BCUT2D eigenvalue weighted by Crippen LogP contribution is -2.16. The average Bonchev–Trinajstić information content (AvgIpc) is 2.86. The van der Waals surface area contributed by atoms with Crippen LogP contribution in [0.2, 0.25) is 0 Å². The number of pyridine rings is 1. The molecule has 0 saturated carbocycles. The third-order valence-electron chi connectivity index (χ3n) is 3.96. The smallest absolute Gasteiger partial charge is 0.230 e. The zero-order valence-electron chi connectivity index (χ0n) is 14.5. The minimum atomic E-state index is -0.129. The Hall–Kier alpha value is -3.15. The first-order chi connectivity index (χ1) is 11.9. The molecule has 0 spiro atoms. The summed E-state index contributed by atoms with van der Waals surface area (Å²) in [5, 5.41) is 5.57. The van der Waals surface area contributed by atoms with Gasteiger partial charge < -0.3 is 15.0 Å². The normalized spacial score (nSPS) is 10.7. The zero-order chi connectivity index (χ0) is 18.0. The van der Waals surface area contributed by atoms with Crippen LogP contribution in [0.3, 0.4) is 0 Å². The summed E-state index contributed by atoms with van der Waals surface area (Å²) in [6, 6.07) is 11.0. The van der Waals surface area contributed by atoms with Crippen LogP contribution in [0.1, 0.15) is 23.9 Å². The predicted octanol–water partition coefficient (Wildman–Crippen LogP) is 3.09. The van der Waals surface area contributed by atoms with E-state index in [-0.39, 0.29) is 18.2 Å². The van der Waals surface area contributed by atoms with E-state index in [1.54, 1.807) is 24.3 Å². The van der Waals surface area contributed by atoms with Crippen molar-refractivity contribution >= 4 is 28.8 Å². The van der Waals surface area contributed by atoms with E-state index in [0.29, 0.717) is 11.4 Å². The van der Waals surface area contributed by atoms with Gasteiger partial charge in [-0.25, -0.2) is 4.98 Å². The van der Waals surface area contributed by atoms with Gasteiger partial charge in [-0.3, -0.25) is 9.59 Å². The Bertz CT molecular complexity index is 942. The van der Waals surface area contributed by atoms with E-state index in [2.05, 4.69) is 15.6 Å². The van der Waals surface area contributed by atoms with E-state index in [4.69, 9.17) is 0 Å². The first-order valence-corrected chi connectivity index (χ1v) is 8.04. The molecule has 0 aliphatic rings. The van der Waals surface area contributed by atoms with Gasteiger partial charge in [0.2, 0.25) is 11.8 Å². The summed E-state index contributed by atoms with van der Waals surface area (Å²) in [6.07, 6.45) is 2.16. The molecular weight excluding hydrogens is 316 g/mol. The molecule has 2 heterocycles. The van der Waals surface area contributed by atoms with Crippen LogP contribution >= 0.6 is 0 Å². The number of aryl methyl sites for hydroxylation is 2. The van der Waals surface area contributed by atoms with Crippen LogP contribution in [0.5, 0.6) is 0 Å². The fourth-order valence-corrected chi connectivity index (χ4v) is 2.78. The molecule has 6 heteroatoms. The highest BCUT2D eigenvalue weighted by Gasteiger charge is 2.14. The van der Waals surface area contributed by atoms with Crippen molar-refractivity contribution in [3.8, 4) is 0 Å². The summed E-state index contributed by atoms with van der Waals surface area (Å²) in [7, 11) is 0. The molecule has 0 unspecified atom stereocenters. The van der Waals surface area contributed by atoms with Crippen LogP contribution < -0.4 is 10.6 Å². The number of anilines is 2. The standard InChI is InChI=1S/C19H20N4O2/c1-12-5-4-10-23-17(13(2)20-19(12)23)11-18(25)22-16-8-6-15(7-9-16)21-14(3)24/h4-10H,11H2,1-3H3,(H,21,24)(H,22,25). The van der Waals surface area contributed by atoms with Gasteiger partial charge in [-0.2, -0.15) is 0 Å². The number of fused-ring (bicyclic) bond motifs is 1. The van der Waals surface area contributed by atoms with Crippen LogP contribution in [-0.2, 0) is 16.0 Å². The summed E-state index contributed by atoms with van der Waals surface area (Å²) < 4.78 is 1.96. The number of amides is 2. The second kappa shape index (κ2) is 6.76. The van der Waals surface area contributed by atoms with Gasteiger partial charge in [-0.1, -0.05) is 6.07 Å². The SMILES string of the molecule is CC(=O)Nc1ccc(NC(=O)Cc2c(C)nc3c(C)cccn23)cc1. The highest BCUT2D eigenvalue weighted by atomic mass is 16.2. The Balaban J connectivity index is 1.74. The number of aromatic nitrogens is 2. The topological polar surface area (TPSA) is 75.5 Å². The molecule has 0 radical (unpaired) electrons. The maximum atomic E-state index is 12.4. The van der Waals surface area contributed by atoms with Crippen molar-refractivity contribution in [2.45, 2.75) is 27.2 Å². The third kappa shape index (κ3) is 3.68.